The van der Waals surface area contributed by atoms with E-state index in [2.05, 4.69) is 0 Å². The summed E-state index contributed by atoms with van der Waals surface area (Å²) in [6, 6.07) is 0. The molecule has 60 valence electrons. The van der Waals surface area contributed by atoms with Gasteiger partial charge in [-0.15, -0.1) is 0 Å². The lowest BCUT2D eigenvalue weighted by molar-refractivity contribution is -0.332. The lowest BCUT2D eigenvalue weighted by Gasteiger charge is -2.28. The maximum Gasteiger partial charge on any atom is 0.276 e. The third-order valence-electron chi connectivity index (χ3n) is 1.25. The van der Waals surface area contributed by atoms with E-state index in [9.17, 15) is 4.79 Å². The molecule has 0 atom stereocenters. The first kappa shape index (κ1) is 9.51. The quantitative estimate of drug-likeness (QED) is 0.274. The summed E-state index contributed by atoms with van der Waals surface area (Å²) in [6.45, 7) is 1.30. The van der Waals surface area contributed by atoms with Gasteiger partial charge in [0.1, 0.15) is 0 Å². The van der Waals surface area contributed by atoms with Crippen molar-refractivity contribution >= 4 is 6.29 Å². The zero-order chi connectivity index (χ0) is 8.41. The van der Waals surface area contributed by atoms with Gasteiger partial charge >= 0.3 is 0 Å². The van der Waals surface area contributed by atoms with E-state index in [0.29, 0.717) is 0 Å². The molecule has 4 N–H and O–H groups in total. The number of aliphatic hydroxyl groups is 4. The summed E-state index contributed by atoms with van der Waals surface area (Å²) in [7, 11) is 0. The van der Waals surface area contributed by atoms with Crippen LogP contribution in [0, 0.1) is 0 Å². The number of rotatable bonds is 3. The van der Waals surface area contributed by atoms with Gasteiger partial charge in [0.25, 0.3) is 5.79 Å². The molecule has 0 amide bonds. The number of carbonyl (C=O) groups excluding carboxylic acids is 1. The van der Waals surface area contributed by atoms with E-state index < -0.39 is 11.6 Å². The Hall–Kier alpha value is -0.490. The Bertz CT molecular complexity index is 128. The summed E-state index contributed by atoms with van der Waals surface area (Å²) in [4.78, 5) is 9.81. The fraction of sp³-hybridized carbons (Fsp3) is 0.800. The lowest BCUT2D eigenvalue weighted by atomic mass is 10.1. The lowest BCUT2D eigenvalue weighted by Crippen LogP contribution is -2.55. The SMILES string of the molecule is CCC(O)(O)C(O)(O)C=O. The van der Waals surface area contributed by atoms with Crippen molar-refractivity contribution < 1.29 is 25.2 Å². The molecule has 0 spiro atoms. The van der Waals surface area contributed by atoms with Gasteiger partial charge in [0.05, 0.1) is 0 Å². The van der Waals surface area contributed by atoms with Crippen LogP contribution in [0.15, 0.2) is 0 Å². The normalized spacial score (nSPS) is 13.3. The van der Waals surface area contributed by atoms with Crippen molar-refractivity contribution in [2.75, 3.05) is 0 Å². The predicted octanol–water partition coefficient (Wildman–Crippen LogP) is -2.04. The van der Waals surface area contributed by atoms with E-state index in [1.54, 1.807) is 0 Å². The minimum atomic E-state index is -3.08. The van der Waals surface area contributed by atoms with Crippen LogP contribution in [-0.2, 0) is 4.79 Å². The van der Waals surface area contributed by atoms with E-state index in [4.69, 9.17) is 20.4 Å². The zero-order valence-electron chi connectivity index (χ0n) is 5.48. The minimum Gasteiger partial charge on any atom is -0.361 e. The van der Waals surface area contributed by atoms with E-state index in [1.807, 2.05) is 0 Å². The molecule has 5 nitrogen and oxygen atoms in total. The molecule has 0 aliphatic heterocycles. The largest absolute Gasteiger partial charge is 0.361 e. The summed E-state index contributed by atoms with van der Waals surface area (Å²) in [5.74, 6) is -5.85. The summed E-state index contributed by atoms with van der Waals surface area (Å²) >= 11 is 0. The molecule has 0 unspecified atom stereocenters. The molecular formula is C5H10O5. The molecule has 0 fully saturated rings. The first-order valence-electron chi connectivity index (χ1n) is 2.73. The Labute approximate surface area is 57.5 Å². The highest BCUT2D eigenvalue weighted by Crippen LogP contribution is 2.17. The average molecular weight is 150 g/mol. The van der Waals surface area contributed by atoms with E-state index in [0.717, 1.165) is 0 Å². The van der Waals surface area contributed by atoms with Crippen molar-refractivity contribution in [2.45, 2.75) is 24.9 Å². The molecule has 10 heavy (non-hydrogen) atoms. The standard InChI is InChI=1S/C5H10O5/c1-2-4(7,8)5(9,10)3-6/h3,7-10H,2H2,1H3. The first-order valence-corrected chi connectivity index (χ1v) is 2.73. The molecule has 0 aromatic rings. The second-order valence-electron chi connectivity index (χ2n) is 2.01. The summed E-state index contributed by atoms with van der Waals surface area (Å²) in [5.41, 5.74) is 0. The van der Waals surface area contributed by atoms with Crippen LogP contribution in [0.1, 0.15) is 13.3 Å². The summed E-state index contributed by atoms with van der Waals surface area (Å²) in [6.07, 6.45) is -0.685. The smallest absolute Gasteiger partial charge is 0.276 e. The molecule has 0 aromatic carbocycles. The van der Waals surface area contributed by atoms with Crippen LogP contribution >= 0.6 is 0 Å². The minimum absolute atomic E-state index is 0.337. The van der Waals surface area contributed by atoms with Crippen molar-refractivity contribution in [2.24, 2.45) is 0 Å². The molecule has 0 rings (SSSR count). The molecule has 0 radical (unpaired) electrons. The highest BCUT2D eigenvalue weighted by Gasteiger charge is 2.45. The monoisotopic (exact) mass is 150 g/mol. The molecule has 0 aliphatic carbocycles. The Morgan fingerprint density at radius 1 is 1.30 bits per heavy atom. The Kier molecular flexibility index (Phi) is 2.50. The van der Waals surface area contributed by atoms with Crippen LogP contribution in [0.2, 0.25) is 0 Å². The maximum atomic E-state index is 9.81. The van der Waals surface area contributed by atoms with Gasteiger partial charge in [0.2, 0.25) is 5.79 Å². The Morgan fingerprint density at radius 2 is 1.70 bits per heavy atom. The van der Waals surface area contributed by atoms with Crippen LogP contribution in [0.25, 0.3) is 0 Å². The molecular weight excluding hydrogens is 140 g/mol. The average Bonchev–Trinajstić information content (AvgIpc) is 1.88. The van der Waals surface area contributed by atoms with Crippen LogP contribution in [0.5, 0.6) is 0 Å². The highest BCUT2D eigenvalue weighted by atomic mass is 16.6. The van der Waals surface area contributed by atoms with Gasteiger partial charge < -0.3 is 20.4 Å². The number of hydrogen-bond donors (Lipinski definition) is 4. The van der Waals surface area contributed by atoms with Crippen LogP contribution in [0.4, 0.5) is 0 Å². The fourth-order valence-electron chi connectivity index (χ4n) is 0.355. The molecule has 0 aliphatic rings. The topological polar surface area (TPSA) is 98.0 Å². The zero-order valence-corrected chi connectivity index (χ0v) is 5.48. The number of carbonyl (C=O) groups is 1. The molecule has 0 saturated carbocycles. The van der Waals surface area contributed by atoms with Crippen LogP contribution in [0.3, 0.4) is 0 Å². The van der Waals surface area contributed by atoms with Gasteiger partial charge in [-0.2, -0.15) is 0 Å². The van der Waals surface area contributed by atoms with Crippen molar-refractivity contribution in [1.29, 1.82) is 0 Å². The predicted molar refractivity (Wildman–Crippen MR) is 30.7 cm³/mol. The molecule has 0 bridgehead atoms. The summed E-state index contributed by atoms with van der Waals surface area (Å²) < 4.78 is 0. The number of hydrogen-bond acceptors (Lipinski definition) is 5. The third kappa shape index (κ3) is 1.51. The second-order valence-corrected chi connectivity index (χ2v) is 2.01. The van der Waals surface area contributed by atoms with Crippen molar-refractivity contribution in [3.05, 3.63) is 0 Å². The van der Waals surface area contributed by atoms with Gasteiger partial charge in [0.15, 0.2) is 6.29 Å². The third-order valence-corrected chi connectivity index (χ3v) is 1.25. The van der Waals surface area contributed by atoms with E-state index in [1.165, 1.54) is 6.92 Å². The first-order chi connectivity index (χ1) is 4.37. The number of aldehydes is 1. The van der Waals surface area contributed by atoms with Gasteiger partial charge in [-0.25, -0.2) is 0 Å². The molecule has 0 aromatic heterocycles. The van der Waals surface area contributed by atoms with Gasteiger partial charge in [-0.1, -0.05) is 6.92 Å². The fourth-order valence-corrected chi connectivity index (χ4v) is 0.355. The van der Waals surface area contributed by atoms with Crippen LogP contribution < -0.4 is 0 Å². The van der Waals surface area contributed by atoms with E-state index in [-0.39, 0.29) is 12.7 Å². The Balaban J connectivity index is 4.43. The maximum absolute atomic E-state index is 9.81. The van der Waals surface area contributed by atoms with Crippen molar-refractivity contribution in [1.82, 2.24) is 0 Å². The molecule has 0 heterocycles. The van der Waals surface area contributed by atoms with Gasteiger partial charge in [0, 0.05) is 6.42 Å². The van der Waals surface area contributed by atoms with Crippen molar-refractivity contribution in [3.63, 3.8) is 0 Å². The summed E-state index contributed by atoms with van der Waals surface area (Å²) in [5, 5.41) is 34.4. The van der Waals surface area contributed by atoms with Crippen LogP contribution in [-0.4, -0.2) is 38.3 Å². The van der Waals surface area contributed by atoms with E-state index >= 15 is 0 Å². The Morgan fingerprint density at radius 3 is 1.80 bits per heavy atom. The van der Waals surface area contributed by atoms with Gasteiger partial charge in [-0.05, 0) is 0 Å². The van der Waals surface area contributed by atoms with Crippen molar-refractivity contribution in [3.8, 4) is 0 Å². The molecule has 5 heteroatoms. The highest BCUT2D eigenvalue weighted by molar-refractivity contribution is 5.60. The molecule has 0 saturated heterocycles. The van der Waals surface area contributed by atoms with Gasteiger partial charge in [-0.3, -0.25) is 4.79 Å². The second kappa shape index (κ2) is 2.63.